The summed E-state index contributed by atoms with van der Waals surface area (Å²) in [7, 11) is 1.36. The number of carbonyl (C=O) groups is 2. The molecule has 0 spiro atoms. The monoisotopic (exact) mass is 306 g/mol. The minimum Gasteiger partial charge on any atom is -0.469 e. The predicted molar refractivity (Wildman–Crippen MR) is 79.8 cm³/mol. The van der Waals surface area contributed by atoms with E-state index in [9.17, 15) is 9.59 Å². The van der Waals surface area contributed by atoms with Crippen LogP contribution in [0.4, 0.5) is 0 Å². The summed E-state index contributed by atoms with van der Waals surface area (Å²) in [4.78, 5) is 29.9. The lowest BCUT2D eigenvalue weighted by Gasteiger charge is -2.27. The molecule has 1 aromatic heterocycles. The Morgan fingerprint density at radius 2 is 2.18 bits per heavy atom. The fourth-order valence-corrected chi connectivity index (χ4v) is 2.52. The lowest BCUT2D eigenvalue weighted by Crippen LogP contribution is -2.42. The Kier molecular flexibility index (Phi) is 5.89. The normalized spacial score (nSPS) is 18.7. The van der Waals surface area contributed by atoms with E-state index in [4.69, 9.17) is 9.47 Å². The molecule has 6 nitrogen and oxygen atoms in total. The lowest BCUT2D eigenvalue weighted by atomic mass is 10.1. The molecule has 1 aliphatic rings. The first-order valence-electron chi connectivity index (χ1n) is 7.49. The maximum atomic E-state index is 12.6. The van der Waals surface area contributed by atoms with Gasteiger partial charge in [0.25, 0.3) is 5.91 Å². The fraction of sp³-hybridized carbons (Fsp3) is 0.562. The molecule has 1 amide bonds. The zero-order valence-electron chi connectivity index (χ0n) is 13.0. The van der Waals surface area contributed by atoms with Crippen LogP contribution in [0.2, 0.25) is 0 Å². The first-order chi connectivity index (χ1) is 10.6. The fourth-order valence-electron chi connectivity index (χ4n) is 2.52. The molecular formula is C16H22N2O4. The maximum Gasteiger partial charge on any atom is 0.310 e. The quantitative estimate of drug-likeness (QED) is 0.743. The van der Waals surface area contributed by atoms with Gasteiger partial charge in [-0.05, 0) is 30.5 Å². The van der Waals surface area contributed by atoms with Gasteiger partial charge in [-0.15, -0.1) is 0 Å². The molecule has 120 valence electrons. The van der Waals surface area contributed by atoms with E-state index >= 15 is 0 Å². The second kappa shape index (κ2) is 7.89. The molecule has 2 atom stereocenters. The Labute approximate surface area is 130 Å². The number of carbonyl (C=O) groups excluding carboxylic acids is 2. The Hall–Kier alpha value is -1.95. The van der Waals surface area contributed by atoms with Crippen molar-refractivity contribution in [3.63, 3.8) is 0 Å². The van der Waals surface area contributed by atoms with Gasteiger partial charge >= 0.3 is 5.97 Å². The van der Waals surface area contributed by atoms with Gasteiger partial charge in [0, 0.05) is 32.1 Å². The van der Waals surface area contributed by atoms with E-state index < -0.39 is 6.10 Å². The average Bonchev–Trinajstić information content (AvgIpc) is 3.08. The summed E-state index contributed by atoms with van der Waals surface area (Å²) in [6, 6.07) is 3.72. The van der Waals surface area contributed by atoms with Gasteiger partial charge in [-0.2, -0.15) is 0 Å². The first-order valence-corrected chi connectivity index (χ1v) is 7.49. The van der Waals surface area contributed by atoms with E-state index in [0.717, 1.165) is 18.4 Å². The summed E-state index contributed by atoms with van der Waals surface area (Å²) in [5.74, 6) is -0.762. The molecule has 0 N–H and O–H groups in total. The highest BCUT2D eigenvalue weighted by Crippen LogP contribution is 2.17. The maximum absolute atomic E-state index is 12.6. The Morgan fingerprint density at radius 3 is 2.77 bits per heavy atom. The summed E-state index contributed by atoms with van der Waals surface area (Å²) in [6.45, 7) is 3.12. The standard InChI is InChI=1S/C16H22N2O4/c1-12(16(20)21-2)10-18(11-13-5-7-17-8-6-13)15(19)14-4-3-9-22-14/h5-8,12,14H,3-4,9-11H2,1-2H3. The van der Waals surface area contributed by atoms with Crippen LogP contribution in [0.3, 0.4) is 0 Å². The molecule has 0 aromatic carbocycles. The molecule has 2 rings (SSSR count). The number of esters is 1. The molecule has 0 bridgehead atoms. The molecule has 6 heteroatoms. The van der Waals surface area contributed by atoms with Gasteiger partial charge in [-0.1, -0.05) is 6.92 Å². The number of amides is 1. The lowest BCUT2D eigenvalue weighted by molar-refractivity contribution is -0.148. The number of aromatic nitrogens is 1. The van der Waals surface area contributed by atoms with Crippen molar-refractivity contribution in [1.82, 2.24) is 9.88 Å². The van der Waals surface area contributed by atoms with Crippen molar-refractivity contribution in [1.29, 1.82) is 0 Å². The Morgan fingerprint density at radius 1 is 1.45 bits per heavy atom. The van der Waals surface area contributed by atoms with E-state index in [1.54, 1.807) is 24.2 Å². The minimum absolute atomic E-state index is 0.0648. The topological polar surface area (TPSA) is 68.7 Å². The van der Waals surface area contributed by atoms with Crippen LogP contribution in [0.5, 0.6) is 0 Å². The second-order valence-corrected chi connectivity index (χ2v) is 5.50. The molecule has 0 radical (unpaired) electrons. The van der Waals surface area contributed by atoms with Crippen molar-refractivity contribution < 1.29 is 19.1 Å². The van der Waals surface area contributed by atoms with Crippen LogP contribution in [0, 0.1) is 5.92 Å². The van der Waals surface area contributed by atoms with Crippen LogP contribution in [0.1, 0.15) is 25.3 Å². The van der Waals surface area contributed by atoms with Crippen molar-refractivity contribution in [2.45, 2.75) is 32.4 Å². The van der Waals surface area contributed by atoms with E-state index in [0.29, 0.717) is 19.7 Å². The van der Waals surface area contributed by atoms with E-state index in [1.807, 2.05) is 12.1 Å². The molecule has 22 heavy (non-hydrogen) atoms. The predicted octanol–water partition coefficient (Wildman–Crippen LogP) is 1.40. The Balaban J connectivity index is 2.08. The number of pyridine rings is 1. The first kappa shape index (κ1) is 16.4. The third kappa shape index (κ3) is 4.27. The number of methoxy groups -OCH3 is 1. The van der Waals surface area contributed by atoms with Crippen LogP contribution >= 0.6 is 0 Å². The van der Waals surface area contributed by atoms with E-state index in [1.165, 1.54) is 7.11 Å². The van der Waals surface area contributed by atoms with E-state index in [2.05, 4.69) is 4.98 Å². The summed E-state index contributed by atoms with van der Waals surface area (Å²) < 4.78 is 10.2. The smallest absolute Gasteiger partial charge is 0.310 e. The van der Waals surface area contributed by atoms with Crippen molar-refractivity contribution in [3.05, 3.63) is 30.1 Å². The molecule has 0 aliphatic carbocycles. The number of nitrogens with zero attached hydrogens (tertiary/aromatic N) is 2. The molecule has 1 saturated heterocycles. The van der Waals surface area contributed by atoms with Crippen molar-refractivity contribution in [2.24, 2.45) is 5.92 Å². The summed E-state index contributed by atoms with van der Waals surface area (Å²) >= 11 is 0. The molecule has 1 aromatic rings. The van der Waals surface area contributed by atoms with Gasteiger partial charge in [0.15, 0.2) is 0 Å². The third-order valence-electron chi connectivity index (χ3n) is 3.74. The molecule has 1 aliphatic heterocycles. The summed E-state index contributed by atoms with van der Waals surface area (Å²) in [5.41, 5.74) is 0.971. The molecule has 0 saturated carbocycles. The number of hydrogen-bond acceptors (Lipinski definition) is 5. The number of hydrogen-bond donors (Lipinski definition) is 0. The zero-order valence-corrected chi connectivity index (χ0v) is 13.0. The molecule has 2 heterocycles. The van der Waals surface area contributed by atoms with Gasteiger partial charge in [0.1, 0.15) is 6.10 Å². The zero-order chi connectivity index (χ0) is 15.9. The van der Waals surface area contributed by atoms with E-state index in [-0.39, 0.29) is 17.8 Å². The highest BCUT2D eigenvalue weighted by Gasteiger charge is 2.30. The number of ether oxygens (including phenoxy) is 2. The summed E-state index contributed by atoms with van der Waals surface area (Å²) in [5, 5.41) is 0. The van der Waals surface area contributed by atoms with Gasteiger partial charge in [-0.3, -0.25) is 14.6 Å². The SMILES string of the molecule is COC(=O)C(C)CN(Cc1ccncc1)C(=O)C1CCCO1. The van der Waals surface area contributed by atoms with Crippen molar-refractivity contribution in [2.75, 3.05) is 20.3 Å². The Bertz CT molecular complexity index is 500. The number of rotatable bonds is 6. The molecule has 1 fully saturated rings. The largest absolute Gasteiger partial charge is 0.469 e. The van der Waals surface area contributed by atoms with Crippen LogP contribution in [-0.4, -0.2) is 48.1 Å². The van der Waals surface area contributed by atoms with Gasteiger partial charge in [-0.25, -0.2) is 0 Å². The van der Waals surface area contributed by atoms with Crippen LogP contribution < -0.4 is 0 Å². The minimum atomic E-state index is -0.397. The van der Waals surface area contributed by atoms with Crippen LogP contribution in [0.15, 0.2) is 24.5 Å². The highest BCUT2D eigenvalue weighted by molar-refractivity contribution is 5.82. The molecular weight excluding hydrogens is 284 g/mol. The van der Waals surface area contributed by atoms with Crippen LogP contribution in [-0.2, 0) is 25.6 Å². The van der Waals surface area contributed by atoms with Gasteiger partial charge < -0.3 is 14.4 Å². The third-order valence-corrected chi connectivity index (χ3v) is 3.74. The van der Waals surface area contributed by atoms with Gasteiger partial charge in [0.2, 0.25) is 0 Å². The van der Waals surface area contributed by atoms with Crippen molar-refractivity contribution in [3.8, 4) is 0 Å². The molecule has 2 unspecified atom stereocenters. The summed E-state index contributed by atoms with van der Waals surface area (Å²) in [6.07, 6.45) is 4.61. The highest BCUT2D eigenvalue weighted by atomic mass is 16.5. The van der Waals surface area contributed by atoms with Crippen LogP contribution in [0.25, 0.3) is 0 Å². The van der Waals surface area contributed by atoms with Crippen molar-refractivity contribution >= 4 is 11.9 Å². The second-order valence-electron chi connectivity index (χ2n) is 5.50. The average molecular weight is 306 g/mol. The van der Waals surface area contributed by atoms with Gasteiger partial charge in [0.05, 0.1) is 13.0 Å².